The number of carbonyl (C=O) groups excluding carboxylic acids is 1. The predicted octanol–water partition coefficient (Wildman–Crippen LogP) is 2.19. The maximum Gasteiger partial charge on any atom is 0.319 e. The minimum atomic E-state index is -0.744. The molecule has 1 aliphatic rings. The standard InChI is InChI=1S/C14H24N2O3/c1-3-4-5-8-15(2)14(19)16-9-6-12(7-10-16)11-13(17)18/h3,12H,1,4-11H2,2H3,(H,17,18). The summed E-state index contributed by atoms with van der Waals surface area (Å²) in [6.45, 7) is 5.74. The minimum absolute atomic E-state index is 0.0536. The lowest BCUT2D eigenvalue weighted by molar-refractivity contribution is -0.138. The van der Waals surface area contributed by atoms with Crippen molar-refractivity contribution in [3.63, 3.8) is 0 Å². The number of allylic oxidation sites excluding steroid dienone is 1. The predicted molar refractivity (Wildman–Crippen MR) is 74.0 cm³/mol. The van der Waals surface area contributed by atoms with E-state index in [0.29, 0.717) is 13.1 Å². The van der Waals surface area contributed by atoms with E-state index in [0.717, 1.165) is 32.2 Å². The van der Waals surface area contributed by atoms with Crippen LogP contribution < -0.4 is 0 Å². The molecule has 1 N–H and O–H groups in total. The van der Waals surface area contributed by atoms with Crippen LogP contribution in [0.25, 0.3) is 0 Å². The van der Waals surface area contributed by atoms with E-state index in [1.807, 2.05) is 18.0 Å². The van der Waals surface area contributed by atoms with Gasteiger partial charge in [-0.15, -0.1) is 6.58 Å². The van der Waals surface area contributed by atoms with Crippen LogP contribution in [0.4, 0.5) is 4.79 Å². The van der Waals surface area contributed by atoms with Crippen LogP contribution in [0.2, 0.25) is 0 Å². The largest absolute Gasteiger partial charge is 0.481 e. The fraction of sp³-hybridized carbons (Fsp3) is 0.714. The summed E-state index contributed by atoms with van der Waals surface area (Å²) in [6.07, 6.45) is 5.50. The highest BCUT2D eigenvalue weighted by atomic mass is 16.4. The van der Waals surface area contributed by atoms with Gasteiger partial charge in [-0.2, -0.15) is 0 Å². The molecule has 1 heterocycles. The second kappa shape index (κ2) is 7.81. The van der Waals surface area contributed by atoms with Gasteiger partial charge in [0.05, 0.1) is 0 Å². The summed E-state index contributed by atoms with van der Waals surface area (Å²) in [7, 11) is 1.81. The molecule has 1 fully saturated rings. The van der Waals surface area contributed by atoms with Gasteiger partial charge < -0.3 is 14.9 Å². The molecule has 108 valence electrons. The Hall–Kier alpha value is -1.52. The van der Waals surface area contributed by atoms with Crippen LogP contribution in [0.15, 0.2) is 12.7 Å². The number of aliphatic carboxylic acids is 1. The third-order valence-corrected chi connectivity index (χ3v) is 3.58. The fourth-order valence-electron chi connectivity index (χ4n) is 2.39. The number of hydrogen-bond donors (Lipinski definition) is 1. The molecule has 1 saturated heterocycles. The molecule has 0 aromatic heterocycles. The molecule has 5 heteroatoms. The molecule has 1 aliphatic heterocycles. The second-order valence-corrected chi connectivity index (χ2v) is 5.16. The van der Waals surface area contributed by atoms with Crippen molar-refractivity contribution in [2.75, 3.05) is 26.7 Å². The van der Waals surface area contributed by atoms with Gasteiger partial charge in [-0.1, -0.05) is 6.08 Å². The Labute approximate surface area is 114 Å². The summed E-state index contributed by atoms with van der Waals surface area (Å²) >= 11 is 0. The quantitative estimate of drug-likeness (QED) is 0.593. The third kappa shape index (κ3) is 5.32. The van der Waals surface area contributed by atoms with Gasteiger partial charge in [0.1, 0.15) is 0 Å². The van der Waals surface area contributed by atoms with E-state index in [-0.39, 0.29) is 18.4 Å². The molecular weight excluding hydrogens is 244 g/mol. The highest BCUT2D eigenvalue weighted by Crippen LogP contribution is 2.21. The number of urea groups is 1. The molecular formula is C14H24N2O3. The topological polar surface area (TPSA) is 60.9 Å². The first-order valence-electron chi connectivity index (χ1n) is 6.87. The molecule has 5 nitrogen and oxygen atoms in total. The summed E-state index contributed by atoms with van der Waals surface area (Å²) in [5.41, 5.74) is 0. The van der Waals surface area contributed by atoms with E-state index in [9.17, 15) is 9.59 Å². The van der Waals surface area contributed by atoms with Crippen molar-refractivity contribution in [1.82, 2.24) is 9.80 Å². The first-order chi connectivity index (χ1) is 9.04. The Kier molecular flexibility index (Phi) is 6.39. The summed E-state index contributed by atoms with van der Waals surface area (Å²) in [4.78, 5) is 26.3. The van der Waals surface area contributed by atoms with Crippen molar-refractivity contribution in [3.8, 4) is 0 Å². The minimum Gasteiger partial charge on any atom is -0.481 e. The van der Waals surface area contributed by atoms with Crippen LogP contribution in [0, 0.1) is 5.92 Å². The molecule has 0 saturated carbocycles. The van der Waals surface area contributed by atoms with E-state index in [1.165, 1.54) is 0 Å². The van der Waals surface area contributed by atoms with Crippen LogP contribution in [0.5, 0.6) is 0 Å². The summed E-state index contributed by atoms with van der Waals surface area (Å²) < 4.78 is 0. The Morgan fingerprint density at radius 2 is 2.05 bits per heavy atom. The van der Waals surface area contributed by atoms with E-state index in [1.54, 1.807) is 4.90 Å². The van der Waals surface area contributed by atoms with Gasteiger partial charge in [0.15, 0.2) is 0 Å². The van der Waals surface area contributed by atoms with Crippen molar-refractivity contribution >= 4 is 12.0 Å². The van der Waals surface area contributed by atoms with E-state index >= 15 is 0 Å². The molecule has 0 aromatic rings. The summed E-state index contributed by atoms with van der Waals surface area (Å²) in [5.74, 6) is -0.529. The normalized spacial score (nSPS) is 16.2. The Balaban J connectivity index is 2.31. The Bertz CT molecular complexity index is 323. The van der Waals surface area contributed by atoms with Gasteiger partial charge in [-0.25, -0.2) is 4.79 Å². The van der Waals surface area contributed by atoms with Gasteiger partial charge in [-0.3, -0.25) is 4.79 Å². The zero-order valence-electron chi connectivity index (χ0n) is 11.7. The zero-order chi connectivity index (χ0) is 14.3. The number of piperidine rings is 1. The van der Waals surface area contributed by atoms with Gasteiger partial charge in [0.25, 0.3) is 0 Å². The first-order valence-corrected chi connectivity index (χ1v) is 6.87. The third-order valence-electron chi connectivity index (χ3n) is 3.58. The van der Waals surface area contributed by atoms with Gasteiger partial charge in [0, 0.05) is 33.1 Å². The van der Waals surface area contributed by atoms with Crippen LogP contribution in [-0.2, 0) is 4.79 Å². The van der Waals surface area contributed by atoms with Crippen LogP contribution >= 0.6 is 0 Å². The number of hydrogen-bond acceptors (Lipinski definition) is 2. The van der Waals surface area contributed by atoms with Crippen LogP contribution in [0.3, 0.4) is 0 Å². The van der Waals surface area contributed by atoms with Crippen molar-refractivity contribution < 1.29 is 14.7 Å². The number of carbonyl (C=O) groups is 2. The lowest BCUT2D eigenvalue weighted by atomic mass is 9.94. The molecule has 0 bridgehead atoms. The molecule has 0 unspecified atom stereocenters. The average molecular weight is 268 g/mol. The monoisotopic (exact) mass is 268 g/mol. The van der Waals surface area contributed by atoms with Gasteiger partial charge in [-0.05, 0) is 31.6 Å². The number of likely N-dealkylation sites (tertiary alicyclic amines) is 1. The molecule has 0 aromatic carbocycles. The second-order valence-electron chi connectivity index (χ2n) is 5.16. The summed E-state index contributed by atoms with van der Waals surface area (Å²) in [5, 5.41) is 8.75. The number of amides is 2. The van der Waals surface area contributed by atoms with Crippen molar-refractivity contribution in [1.29, 1.82) is 0 Å². The van der Waals surface area contributed by atoms with E-state index in [2.05, 4.69) is 6.58 Å². The van der Waals surface area contributed by atoms with Crippen molar-refractivity contribution in [2.24, 2.45) is 5.92 Å². The maximum absolute atomic E-state index is 12.1. The number of unbranched alkanes of at least 4 members (excludes halogenated alkanes) is 1. The van der Waals surface area contributed by atoms with Crippen molar-refractivity contribution in [2.45, 2.75) is 32.1 Å². The Morgan fingerprint density at radius 1 is 1.42 bits per heavy atom. The molecule has 19 heavy (non-hydrogen) atoms. The van der Waals surface area contributed by atoms with E-state index < -0.39 is 5.97 Å². The number of nitrogens with zero attached hydrogens (tertiary/aromatic N) is 2. The van der Waals surface area contributed by atoms with Gasteiger partial charge >= 0.3 is 12.0 Å². The highest BCUT2D eigenvalue weighted by molar-refractivity contribution is 5.74. The van der Waals surface area contributed by atoms with Crippen LogP contribution in [0.1, 0.15) is 32.1 Å². The molecule has 0 aliphatic carbocycles. The maximum atomic E-state index is 12.1. The lowest BCUT2D eigenvalue weighted by Gasteiger charge is -2.34. The highest BCUT2D eigenvalue weighted by Gasteiger charge is 2.25. The smallest absolute Gasteiger partial charge is 0.319 e. The summed E-state index contributed by atoms with van der Waals surface area (Å²) in [6, 6.07) is 0.0536. The van der Waals surface area contributed by atoms with E-state index in [4.69, 9.17) is 5.11 Å². The molecule has 2 amide bonds. The average Bonchev–Trinajstić information content (AvgIpc) is 2.38. The van der Waals surface area contributed by atoms with Crippen molar-refractivity contribution in [3.05, 3.63) is 12.7 Å². The Morgan fingerprint density at radius 3 is 2.58 bits per heavy atom. The number of carboxylic acid groups (broad SMARTS) is 1. The first kappa shape index (κ1) is 15.5. The number of carboxylic acids is 1. The van der Waals surface area contributed by atoms with Crippen LogP contribution in [-0.4, -0.2) is 53.6 Å². The number of rotatable bonds is 6. The molecule has 0 atom stereocenters. The fourth-order valence-corrected chi connectivity index (χ4v) is 2.39. The molecule has 0 radical (unpaired) electrons. The molecule has 1 rings (SSSR count). The molecule has 0 spiro atoms. The lowest BCUT2D eigenvalue weighted by Crippen LogP contribution is -2.45. The SMILES string of the molecule is C=CCCCN(C)C(=O)N1CCC(CC(=O)O)CC1. The van der Waals surface area contributed by atoms with Gasteiger partial charge in [0.2, 0.25) is 0 Å². The zero-order valence-corrected chi connectivity index (χ0v) is 11.7.